The fraction of sp³-hybridized carbons (Fsp3) is 0.263. The molecule has 3 rings (SSSR count). The first kappa shape index (κ1) is 18.1. The average molecular weight is 367 g/mol. The predicted molar refractivity (Wildman–Crippen MR) is 104 cm³/mol. The molecule has 0 aliphatic heterocycles. The van der Waals surface area contributed by atoms with E-state index in [4.69, 9.17) is 0 Å². The van der Waals surface area contributed by atoms with E-state index in [0.717, 1.165) is 16.9 Å². The van der Waals surface area contributed by atoms with E-state index in [9.17, 15) is 4.79 Å². The van der Waals surface area contributed by atoms with Gasteiger partial charge >= 0.3 is 0 Å². The maximum absolute atomic E-state index is 12.8. The van der Waals surface area contributed by atoms with Crippen LogP contribution in [0.25, 0.3) is 5.69 Å². The van der Waals surface area contributed by atoms with Crippen molar-refractivity contribution in [1.82, 2.24) is 20.2 Å². The molecule has 0 saturated carbocycles. The van der Waals surface area contributed by atoms with Gasteiger partial charge in [0.2, 0.25) is 11.1 Å². The van der Waals surface area contributed by atoms with Crippen LogP contribution in [0, 0.1) is 6.92 Å². The summed E-state index contributed by atoms with van der Waals surface area (Å²) in [5.74, 6) is 0.287. The molecule has 1 amide bonds. The van der Waals surface area contributed by atoms with Crippen LogP contribution in [0.1, 0.15) is 19.4 Å². The Kier molecular flexibility index (Phi) is 5.68. The molecule has 0 radical (unpaired) electrons. The minimum atomic E-state index is 0.0236. The number of aromatic nitrogens is 4. The van der Waals surface area contributed by atoms with Crippen molar-refractivity contribution in [3.8, 4) is 5.69 Å². The van der Waals surface area contributed by atoms with Gasteiger partial charge in [-0.3, -0.25) is 4.79 Å². The van der Waals surface area contributed by atoms with E-state index in [0.29, 0.717) is 5.16 Å². The highest BCUT2D eigenvalue weighted by atomic mass is 32.2. The van der Waals surface area contributed by atoms with Crippen molar-refractivity contribution in [1.29, 1.82) is 0 Å². The van der Waals surface area contributed by atoms with Gasteiger partial charge in [0.25, 0.3) is 0 Å². The molecule has 134 valence electrons. The molecule has 0 N–H and O–H groups in total. The minimum Gasteiger partial charge on any atom is -0.309 e. The van der Waals surface area contributed by atoms with Crippen molar-refractivity contribution >= 4 is 23.4 Å². The Balaban J connectivity index is 1.76. The standard InChI is InChI=1S/C19H21N5OS/c1-14(2)23(16-10-5-4-6-11-16)18(25)13-26-19-20-21-22-24(19)17-12-8-7-9-15(17)3/h4-12,14H,13H2,1-3H3. The Labute approximate surface area is 157 Å². The Bertz CT molecular complexity index is 878. The van der Waals surface area contributed by atoms with Gasteiger partial charge in [-0.25, -0.2) is 0 Å². The van der Waals surface area contributed by atoms with Crippen LogP contribution in [0.4, 0.5) is 5.69 Å². The lowest BCUT2D eigenvalue weighted by atomic mass is 10.2. The number of para-hydroxylation sites is 2. The summed E-state index contributed by atoms with van der Waals surface area (Å²) in [5, 5.41) is 12.5. The van der Waals surface area contributed by atoms with Gasteiger partial charge in [0.1, 0.15) is 0 Å². The maximum Gasteiger partial charge on any atom is 0.237 e. The summed E-state index contributed by atoms with van der Waals surface area (Å²) >= 11 is 1.34. The Hall–Kier alpha value is -2.67. The average Bonchev–Trinajstić information content (AvgIpc) is 3.09. The first-order valence-electron chi connectivity index (χ1n) is 8.42. The van der Waals surface area contributed by atoms with Crippen LogP contribution in [0.15, 0.2) is 59.8 Å². The number of thioether (sulfide) groups is 1. The number of carbonyl (C=O) groups excluding carboxylic acids is 1. The summed E-state index contributed by atoms with van der Waals surface area (Å²) in [7, 11) is 0. The van der Waals surface area contributed by atoms with Crippen molar-refractivity contribution in [3.05, 3.63) is 60.2 Å². The second kappa shape index (κ2) is 8.14. The summed E-state index contributed by atoms with van der Waals surface area (Å²) in [4.78, 5) is 14.6. The number of carbonyl (C=O) groups is 1. The van der Waals surface area contributed by atoms with Crippen LogP contribution in [-0.2, 0) is 4.79 Å². The van der Waals surface area contributed by atoms with E-state index in [2.05, 4.69) is 15.5 Å². The van der Waals surface area contributed by atoms with Crippen LogP contribution in [0.2, 0.25) is 0 Å². The molecule has 0 spiro atoms. The molecule has 0 aliphatic rings. The van der Waals surface area contributed by atoms with E-state index in [-0.39, 0.29) is 17.7 Å². The second-order valence-corrected chi connectivity index (χ2v) is 7.08. The largest absolute Gasteiger partial charge is 0.309 e. The molecule has 0 atom stereocenters. The van der Waals surface area contributed by atoms with Gasteiger partial charge in [0, 0.05) is 11.7 Å². The van der Waals surface area contributed by atoms with Gasteiger partial charge < -0.3 is 4.90 Å². The molecule has 2 aromatic carbocycles. The quantitative estimate of drug-likeness (QED) is 0.624. The molecule has 6 nitrogen and oxygen atoms in total. The number of tetrazole rings is 1. The lowest BCUT2D eigenvalue weighted by Crippen LogP contribution is -2.38. The third-order valence-corrected chi connectivity index (χ3v) is 4.83. The molecule has 3 aromatic rings. The monoisotopic (exact) mass is 367 g/mol. The fourth-order valence-corrected chi connectivity index (χ4v) is 3.48. The molecule has 0 bridgehead atoms. The van der Waals surface area contributed by atoms with Gasteiger partial charge in [-0.1, -0.05) is 48.2 Å². The smallest absolute Gasteiger partial charge is 0.237 e. The zero-order valence-electron chi connectivity index (χ0n) is 15.0. The highest BCUT2D eigenvalue weighted by Gasteiger charge is 2.20. The van der Waals surface area contributed by atoms with E-state index in [1.807, 2.05) is 75.4 Å². The van der Waals surface area contributed by atoms with E-state index in [1.54, 1.807) is 9.58 Å². The van der Waals surface area contributed by atoms with Gasteiger partial charge in [0.05, 0.1) is 11.4 Å². The lowest BCUT2D eigenvalue weighted by Gasteiger charge is -2.26. The summed E-state index contributed by atoms with van der Waals surface area (Å²) in [6.45, 7) is 6.02. The van der Waals surface area contributed by atoms with Crippen molar-refractivity contribution in [2.75, 3.05) is 10.7 Å². The fourth-order valence-electron chi connectivity index (χ4n) is 2.74. The number of rotatable bonds is 6. The number of benzene rings is 2. The predicted octanol–water partition coefficient (Wildman–Crippen LogP) is 3.50. The minimum absolute atomic E-state index is 0.0236. The molecule has 7 heteroatoms. The van der Waals surface area contributed by atoms with Crippen LogP contribution < -0.4 is 4.90 Å². The third kappa shape index (κ3) is 3.94. The highest BCUT2D eigenvalue weighted by Crippen LogP contribution is 2.23. The summed E-state index contributed by atoms with van der Waals surface area (Å²) in [6, 6.07) is 17.6. The first-order valence-corrected chi connectivity index (χ1v) is 9.41. The van der Waals surface area contributed by atoms with Gasteiger partial charge in [-0.15, -0.1) is 5.10 Å². The van der Waals surface area contributed by atoms with Crippen molar-refractivity contribution < 1.29 is 4.79 Å². The SMILES string of the molecule is Cc1ccccc1-n1nnnc1SCC(=O)N(c1ccccc1)C(C)C. The van der Waals surface area contributed by atoms with Crippen LogP contribution in [0.5, 0.6) is 0 Å². The molecule has 1 heterocycles. The third-order valence-electron chi connectivity index (χ3n) is 3.93. The number of amides is 1. The summed E-state index contributed by atoms with van der Waals surface area (Å²) in [6.07, 6.45) is 0. The zero-order valence-corrected chi connectivity index (χ0v) is 15.8. The second-order valence-electron chi connectivity index (χ2n) is 6.14. The van der Waals surface area contributed by atoms with E-state index < -0.39 is 0 Å². The maximum atomic E-state index is 12.8. The van der Waals surface area contributed by atoms with Gasteiger partial charge in [0.15, 0.2) is 0 Å². The first-order chi connectivity index (χ1) is 12.6. The van der Waals surface area contributed by atoms with Crippen LogP contribution in [-0.4, -0.2) is 37.9 Å². The number of hydrogen-bond donors (Lipinski definition) is 0. The van der Waals surface area contributed by atoms with E-state index >= 15 is 0 Å². The summed E-state index contributed by atoms with van der Waals surface area (Å²) < 4.78 is 1.68. The molecule has 26 heavy (non-hydrogen) atoms. The Morgan fingerprint density at radius 2 is 1.81 bits per heavy atom. The Morgan fingerprint density at radius 3 is 2.50 bits per heavy atom. The topological polar surface area (TPSA) is 63.9 Å². The molecular formula is C19H21N5OS. The molecule has 1 aromatic heterocycles. The van der Waals surface area contributed by atoms with Crippen molar-refractivity contribution in [2.24, 2.45) is 0 Å². The van der Waals surface area contributed by atoms with Crippen molar-refractivity contribution in [2.45, 2.75) is 32.0 Å². The molecule has 0 saturated heterocycles. The number of aryl methyl sites for hydroxylation is 1. The molecule has 0 fully saturated rings. The lowest BCUT2D eigenvalue weighted by molar-refractivity contribution is -0.116. The van der Waals surface area contributed by atoms with Gasteiger partial charge in [-0.05, 0) is 55.0 Å². The molecular weight excluding hydrogens is 346 g/mol. The Morgan fingerprint density at radius 1 is 1.12 bits per heavy atom. The normalized spacial score (nSPS) is 10.9. The number of hydrogen-bond acceptors (Lipinski definition) is 5. The zero-order chi connectivity index (χ0) is 18.5. The highest BCUT2D eigenvalue weighted by molar-refractivity contribution is 7.99. The van der Waals surface area contributed by atoms with E-state index in [1.165, 1.54) is 11.8 Å². The number of anilines is 1. The molecule has 0 aliphatic carbocycles. The molecule has 0 unspecified atom stereocenters. The van der Waals surface area contributed by atoms with Gasteiger partial charge in [-0.2, -0.15) is 4.68 Å². The summed E-state index contributed by atoms with van der Waals surface area (Å²) in [5.41, 5.74) is 2.88. The van der Waals surface area contributed by atoms with Crippen molar-refractivity contribution in [3.63, 3.8) is 0 Å². The van der Waals surface area contributed by atoms with Crippen LogP contribution >= 0.6 is 11.8 Å². The number of nitrogens with zero attached hydrogens (tertiary/aromatic N) is 5. The van der Waals surface area contributed by atoms with Crippen LogP contribution in [0.3, 0.4) is 0 Å².